The summed E-state index contributed by atoms with van der Waals surface area (Å²) in [4.78, 5) is 24.2. The molecule has 5 heteroatoms. The second kappa shape index (κ2) is 6.15. The molecule has 0 radical (unpaired) electrons. The van der Waals surface area contributed by atoms with Gasteiger partial charge in [0.05, 0.1) is 0 Å². The minimum atomic E-state index is -0.258. The Morgan fingerprint density at radius 3 is 2.56 bits per heavy atom. The maximum Gasteiger partial charge on any atom is 0.321 e. The zero-order chi connectivity index (χ0) is 12.0. The van der Waals surface area contributed by atoms with E-state index in [1.54, 1.807) is 11.1 Å². The van der Waals surface area contributed by atoms with Crippen LogP contribution in [0.15, 0.2) is 12.3 Å². The Bertz CT molecular complexity index is 281. The lowest BCUT2D eigenvalue weighted by Gasteiger charge is -2.30. The van der Waals surface area contributed by atoms with E-state index in [4.69, 9.17) is 5.73 Å². The summed E-state index contributed by atoms with van der Waals surface area (Å²) < 4.78 is 0. The summed E-state index contributed by atoms with van der Waals surface area (Å²) in [5.41, 5.74) is 5.22. The number of rotatable bonds is 3. The van der Waals surface area contributed by atoms with Crippen molar-refractivity contribution in [1.82, 2.24) is 10.2 Å². The van der Waals surface area contributed by atoms with Gasteiger partial charge in [0.25, 0.3) is 0 Å². The van der Waals surface area contributed by atoms with Crippen molar-refractivity contribution in [2.24, 2.45) is 11.7 Å². The summed E-state index contributed by atoms with van der Waals surface area (Å²) in [6.07, 6.45) is 5.76. The minimum Gasteiger partial charge on any atom is -0.369 e. The van der Waals surface area contributed by atoms with Crippen molar-refractivity contribution in [2.75, 3.05) is 13.1 Å². The van der Waals surface area contributed by atoms with Crippen molar-refractivity contribution in [3.05, 3.63) is 12.3 Å². The lowest BCUT2D eigenvalue weighted by molar-refractivity contribution is -0.122. The van der Waals surface area contributed by atoms with Gasteiger partial charge in [-0.3, -0.25) is 4.79 Å². The van der Waals surface area contributed by atoms with Crippen molar-refractivity contribution < 1.29 is 9.59 Å². The van der Waals surface area contributed by atoms with Crippen LogP contribution in [0.2, 0.25) is 0 Å². The SMILES string of the molecule is CC/C=C/NC(=O)N1CCC(C(N)=O)CC1. The van der Waals surface area contributed by atoms with E-state index in [0.717, 1.165) is 6.42 Å². The van der Waals surface area contributed by atoms with Crippen molar-refractivity contribution in [3.8, 4) is 0 Å². The highest BCUT2D eigenvalue weighted by atomic mass is 16.2. The molecule has 0 aromatic carbocycles. The van der Waals surface area contributed by atoms with Crippen LogP contribution in [0.4, 0.5) is 4.79 Å². The van der Waals surface area contributed by atoms with Gasteiger partial charge in [0, 0.05) is 25.2 Å². The third kappa shape index (κ3) is 3.56. The van der Waals surface area contributed by atoms with Crippen LogP contribution in [0.1, 0.15) is 26.2 Å². The van der Waals surface area contributed by atoms with Crippen molar-refractivity contribution in [2.45, 2.75) is 26.2 Å². The van der Waals surface area contributed by atoms with Gasteiger partial charge in [0.2, 0.25) is 5.91 Å². The van der Waals surface area contributed by atoms with Gasteiger partial charge < -0.3 is 16.0 Å². The number of carbonyl (C=O) groups is 2. The number of hydrogen-bond acceptors (Lipinski definition) is 2. The quantitative estimate of drug-likeness (QED) is 0.746. The first-order chi connectivity index (χ1) is 7.65. The summed E-state index contributed by atoms with van der Waals surface area (Å²) in [5, 5.41) is 2.69. The van der Waals surface area contributed by atoms with E-state index >= 15 is 0 Å². The van der Waals surface area contributed by atoms with E-state index in [-0.39, 0.29) is 17.9 Å². The molecule has 3 N–H and O–H groups in total. The summed E-state index contributed by atoms with van der Waals surface area (Å²) in [5.74, 6) is -0.332. The highest BCUT2D eigenvalue weighted by molar-refractivity contribution is 5.78. The van der Waals surface area contributed by atoms with Crippen LogP contribution in [0.25, 0.3) is 0 Å². The van der Waals surface area contributed by atoms with E-state index in [2.05, 4.69) is 5.32 Å². The molecule has 3 amide bonds. The van der Waals surface area contributed by atoms with Crippen LogP contribution in [0.3, 0.4) is 0 Å². The summed E-state index contributed by atoms with van der Waals surface area (Å²) >= 11 is 0. The molecule has 1 aliphatic heterocycles. The molecule has 1 fully saturated rings. The fourth-order valence-electron chi connectivity index (χ4n) is 1.71. The normalized spacial score (nSPS) is 17.7. The zero-order valence-corrected chi connectivity index (χ0v) is 9.61. The van der Waals surface area contributed by atoms with Gasteiger partial charge in [-0.05, 0) is 19.3 Å². The summed E-state index contributed by atoms with van der Waals surface area (Å²) in [6, 6.07) is -0.104. The van der Waals surface area contributed by atoms with Gasteiger partial charge in [-0.25, -0.2) is 4.79 Å². The van der Waals surface area contributed by atoms with Crippen molar-refractivity contribution in [1.29, 1.82) is 0 Å². The van der Waals surface area contributed by atoms with Crippen LogP contribution < -0.4 is 11.1 Å². The average Bonchev–Trinajstić information content (AvgIpc) is 2.29. The van der Waals surface area contributed by atoms with Gasteiger partial charge in [-0.1, -0.05) is 13.0 Å². The number of urea groups is 1. The second-order valence-corrected chi connectivity index (χ2v) is 3.92. The standard InChI is InChI=1S/C11H19N3O2/c1-2-3-6-13-11(16)14-7-4-9(5-8-14)10(12)15/h3,6,9H,2,4-5,7-8H2,1H3,(H2,12,15)(H,13,16)/b6-3+. The number of hydrogen-bond donors (Lipinski definition) is 2. The molecular weight excluding hydrogens is 206 g/mol. The predicted octanol–water partition coefficient (Wildman–Crippen LogP) is 0.817. The molecule has 1 saturated heterocycles. The molecule has 0 spiro atoms. The van der Waals surface area contributed by atoms with Crippen LogP contribution in [0.5, 0.6) is 0 Å². The Morgan fingerprint density at radius 2 is 2.06 bits per heavy atom. The van der Waals surface area contributed by atoms with Crippen molar-refractivity contribution >= 4 is 11.9 Å². The molecule has 0 aliphatic carbocycles. The number of nitrogens with one attached hydrogen (secondary N) is 1. The van der Waals surface area contributed by atoms with Crippen LogP contribution >= 0.6 is 0 Å². The lowest BCUT2D eigenvalue weighted by atomic mass is 9.96. The topological polar surface area (TPSA) is 75.4 Å². The van der Waals surface area contributed by atoms with Gasteiger partial charge in [0.15, 0.2) is 0 Å². The molecule has 5 nitrogen and oxygen atoms in total. The Kier molecular flexibility index (Phi) is 4.82. The third-order valence-electron chi connectivity index (χ3n) is 2.74. The van der Waals surface area contributed by atoms with Crippen molar-refractivity contribution in [3.63, 3.8) is 0 Å². The van der Waals surface area contributed by atoms with E-state index in [0.29, 0.717) is 25.9 Å². The molecule has 0 bridgehead atoms. The first-order valence-electron chi connectivity index (χ1n) is 5.65. The third-order valence-corrected chi connectivity index (χ3v) is 2.74. The fourth-order valence-corrected chi connectivity index (χ4v) is 1.71. The van der Waals surface area contributed by atoms with Gasteiger partial charge in [0.1, 0.15) is 0 Å². The fraction of sp³-hybridized carbons (Fsp3) is 0.636. The number of primary amides is 1. The second-order valence-electron chi connectivity index (χ2n) is 3.92. The molecule has 0 aromatic heterocycles. The molecule has 0 aromatic rings. The molecule has 0 unspecified atom stereocenters. The van der Waals surface area contributed by atoms with E-state index < -0.39 is 0 Å². The molecule has 16 heavy (non-hydrogen) atoms. The predicted molar refractivity (Wildman–Crippen MR) is 61.5 cm³/mol. The Morgan fingerprint density at radius 1 is 1.44 bits per heavy atom. The molecule has 0 atom stereocenters. The molecule has 1 aliphatic rings. The maximum absolute atomic E-state index is 11.6. The number of piperidine rings is 1. The van der Waals surface area contributed by atoms with Crippen LogP contribution in [-0.2, 0) is 4.79 Å². The minimum absolute atomic E-state index is 0.0739. The zero-order valence-electron chi connectivity index (χ0n) is 9.61. The van der Waals surface area contributed by atoms with Gasteiger partial charge >= 0.3 is 6.03 Å². The molecule has 0 saturated carbocycles. The number of carbonyl (C=O) groups excluding carboxylic acids is 2. The Balaban J connectivity index is 2.33. The number of nitrogens with two attached hydrogens (primary N) is 1. The molecular formula is C11H19N3O2. The van der Waals surface area contributed by atoms with Gasteiger partial charge in [-0.2, -0.15) is 0 Å². The smallest absolute Gasteiger partial charge is 0.321 e. The monoisotopic (exact) mass is 225 g/mol. The summed E-state index contributed by atoms with van der Waals surface area (Å²) in [6.45, 7) is 3.19. The number of nitrogens with zero attached hydrogens (tertiary/aromatic N) is 1. The molecule has 1 rings (SSSR count). The number of allylic oxidation sites excluding steroid dienone is 1. The van der Waals surface area contributed by atoms with Gasteiger partial charge in [-0.15, -0.1) is 0 Å². The van der Waals surface area contributed by atoms with Crippen LogP contribution in [-0.4, -0.2) is 29.9 Å². The highest BCUT2D eigenvalue weighted by Crippen LogP contribution is 2.16. The van der Waals surface area contributed by atoms with E-state index in [9.17, 15) is 9.59 Å². The van der Waals surface area contributed by atoms with E-state index in [1.807, 2.05) is 13.0 Å². The van der Waals surface area contributed by atoms with E-state index in [1.165, 1.54) is 0 Å². The molecule has 90 valence electrons. The Labute approximate surface area is 95.7 Å². The maximum atomic E-state index is 11.6. The molecule has 1 heterocycles. The number of amides is 3. The number of likely N-dealkylation sites (tertiary alicyclic amines) is 1. The largest absolute Gasteiger partial charge is 0.369 e. The first-order valence-corrected chi connectivity index (χ1v) is 5.65. The first kappa shape index (κ1) is 12.5. The van der Waals surface area contributed by atoms with Crippen LogP contribution in [0, 0.1) is 5.92 Å². The average molecular weight is 225 g/mol. The lowest BCUT2D eigenvalue weighted by Crippen LogP contribution is -2.45. The Hall–Kier alpha value is -1.52. The highest BCUT2D eigenvalue weighted by Gasteiger charge is 2.25. The summed E-state index contributed by atoms with van der Waals surface area (Å²) in [7, 11) is 0.